The summed E-state index contributed by atoms with van der Waals surface area (Å²) in [5.74, 6) is 1.02. The van der Waals surface area contributed by atoms with Crippen molar-refractivity contribution in [3.8, 4) is 0 Å². The number of hydrogen-bond donors (Lipinski definition) is 5. The first-order chi connectivity index (χ1) is 7.70. The highest BCUT2D eigenvalue weighted by Crippen LogP contribution is 2.34. The summed E-state index contributed by atoms with van der Waals surface area (Å²) in [4.78, 5) is 7.26. The van der Waals surface area contributed by atoms with Crippen LogP contribution in [0.1, 0.15) is 11.3 Å². The largest absolute Gasteiger partial charge is 0.370 e. The lowest BCUT2D eigenvalue weighted by molar-refractivity contribution is 0.547. The van der Waals surface area contributed by atoms with Crippen molar-refractivity contribution in [3.63, 3.8) is 0 Å². The Morgan fingerprint density at radius 3 is 2.94 bits per heavy atom. The van der Waals surface area contributed by atoms with Gasteiger partial charge in [0, 0.05) is 18.0 Å². The summed E-state index contributed by atoms with van der Waals surface area (Å²) in [7, 11) is 0. The van der Waals surface area contributed by atoms with Crippen LogP contribution in [0.15, 0.2) is 29.5 Å². The predicted molar refractivity (Wildman–Crippen MR) is 59.6 cm³/mol. The van der Waals surface area contributed by atoms with Crippen molar-refractivity contribution in [2.24, 2.45) is 16.5 Å². The van der Waals surface area contributed by atoms with Crippen LogP contribution < -0.4 is 16.8 Å². The predicted octanol–water partition coefficient (Wildman–Crippen LogP) is -0.362. The molecule has 16 heavy (non-hydrogen) atoms. The lowest BCUT2D eigenvalue weighted by Gasteiger charge is -2.28. The zero-order chi connectivity index (χ0) is 11.2. The van der Waals surface area contributed by atoms with Gasteiger partial charge in [-0.15, -0.1) is 0 Å². The SMILES string of the molecule is NC1=NC(N)(c2ccn[nH]2)c2cc[nH]c2N1. The van der Waals surface area contributed by atoms with Gasteiger partial charge in [0.15, 0.2) is 11.6 Å². The molecule has 0 aromatic carbocycles. The number of nitrogens with two attached hydrogens (primary N) is 2. The summed E-state index contributed by atoms with van der Waals surface area (Å²) in [5, 5.41) is 9.61. The molecule has 2 aromatic heterocycles. The van der Waals surface area contributed by atoms with Gasteiger partial charge < -0.3 is 16.0 Å². The van der Waals surface area contributed by atoms with Crippen LogP contribution in [0.2, 0.25) is 0 Å². The minimum absolute atomic E-state index is 0.270. The van der Waals surface area contributed by atoms with Crippen LogP contribution >= 0.6 is 0 Å². The molecule has 0 aliphatic carbocycles. The van der Waals surface area contributed by atoms with Gasteiger partial charge >= 0.3 is 0 Å². The lowest BCUT2D eigenvalue weighted by atomic mass is 9.98. The van der Waals surface area contributed by atoms with Crippen LogP contribution in [0.4, 0.5) is 5.82 Å². The molecule has 82 valence electrons. The molecule has 0 amide bonds. The van der Waals surface area contributed by atoms with Gasteiger partial charge in [0.2, 0.25) is 0 Å². The zero-order valence-corrected chi connectivity index (χ0v) is 8.36. The Hall–Kier alpha value is -2.28. The van der Waals surface area contributed by atoms with E-state index in [1.54, 1.807) is 18.5 Å². The Kier molecular flexibility index (Phi) is 1.61. The molecule has 0 radical (unpaired) electrons. The summed E-state index contributed by atoms with van der Waals surface area (Å²) in [6.45, 7) is 0. The number of H-pyrrole nitrogens is 2. The van der Waals surface area contributed by atoms with E-state index in [0.29, 0.717) is 5.69 Å². The molecule has 1 unspecified atom stereocenters. The second-order valence-electron chi connectivity index (χ2n) is 3.63. The second kappa shape index (κ2) is 2.86. The molecule has 1 aliphatic rings. The summed E-state index contributed by atoms with van der Waals surface area (Å²) in [5.41, 5.74) is 12.5. The first kappa shape index (κ1) is 8.98. The molecule has 3 rings (SSSR count). The van der Waals surface area contributed by atoms with Crippen LogP contribution in [0.25, 0.3) is 0 Å². The number of aromatic amines is 2. The van der Waals surface area contributed by atoms with Crippen molar-refractivity contribution in [1.82, 2.24) is 15.2 Å². The van der Waals surface area contributed by atoms with E-state index >= 15 is 0 Å². The van der Waals surface area contributed by atoms with E-state index in [2.05, 4.69) is 25.5 Å². The average Bonchev–Trinajstić information content (AvgIpc) is 2.86. The fourth-order valence-electron chi connectivity index (χ4n) is 1.87. The van der Waals surface area contributed by atoms with Crippen molar-refractivity contribution in [3.05, 3.63) is 35.8 Å². The van der Waals surface area contributed by atoms with Gasteiger partial charge in [0.25, 0.3) is 0 Å². The Morgan fingerprint density at radius 1 is 1.31 bits per heavy atom. The molecular weight excluding hydrogens is 206 g/mol. The van der Waals surface area contributed by atoms with Crippen LogP contribution in [0.3, 0.4) is 0 Å². The molecule has 7 heteroatoms. The molecular formula is C9H11N7. The third-order valence-corrected chi connectivity index (χ3v) is 2.62. The number of rotatable bonds is 1. The summed E-state index contributed by atoms with van der Waals surface area (Å²) in [6.07, 6.45) is 3.41. The number of guanidine groups is 1. The Bertz CT molecular complexity index is 538. The van der Waals surface area contributed by atoms with Gasteiger partial charge in [-0.25, -0.2) is 4.99 Å². The van der Waals surface area contributed by atoms with E-state index in [9.17, 15) is 0 Å². The fourth-order valence-corrected chi connectivity index (χ4v) is 1.87. The van der Waals surface area contributed by atoms with E-state index < -0.39 is 5.66 Å². The Balaban J connectivity index is 2.23. The summed E-state index contributed by atoms with van der Waals surface area (Å²) in [6, 6.07) is 3.64. The molecule has 0 saturated heterocycles. The van der Waals surface area contributed by atoms with Crippen LogP contribution in [0, 0.1) is 0 Å². The normalized spacial score (nSPS) is 23.4. The molecule has 1 aliphatic heterocycles. The quantitative estimate of drug-likeness (QED) is 0.447. The van der Waals surface area contributed by atoms with Crippen molar-refractivity contribution in [2.45, 2.75) is 5.66 Å². The van der Waals surface area contributed by atoms with Crippen molar-refractivity contribution in [2.75, 3.05) is 5.32 Å². The van der Waals surface area contributed by atoms with Gasteiger partial charge in [-0.05, 0) is 12.1 Å². The maximum absolute atomic E-state index is 6.27. The van der Waals surface area contributed by atoms with Gasteiger partial charge in [0.05, 0.1) is 5.69 Å². The van der Waals surface area contributed by atoms with Gasteiger partial charge in [-0.2, -0.15) is 5.10 Å². The number of anilines is 1. The minimum Gasteiger partial charge on any atom is -0.370 e. The maximum atomic E-state index is 6.27. The lowest BCUT2D eigenvalue weighted by Crippen LogP contribution is -2.44. The number of hydrogen-bond acceptors (Lipinski definition) is 5. The third kappa shape index (κ3) is 1.06. The van der Waals surface area contributed by atoms with Gasteiger partial charge in [-0.3, -0.25) is 10.8 Å². The van der Waals surface area contributed by atoms with E-state index in [4.69, 9.17) is 11.5 Å². The number of fused-ring (bicyclic) bond motifs is 1. The van der Waals surface area contributed by atoms with Crippen LogP contribution in [0.5, 0.6) is 0 Å². The molecule has 7 nitrogen and oxygen atoms in total. The molecule has 3 heterocycles. The highest BCUT2D eigenvalue weighted by Gasteiger charge is 2.37. The van der Waals surface area contributed by atoms with Gasteiger partial charge in [-0.1, -0.05) is 0 Å². The van der Waals surface area contributed by atoms with E-state index in [0.717, 1.165) is 11.4 Å². The average molecular weight is 217 g/mol. The molecule has 0 saturated carbocycles. The van der Waals surface area contributed by atoms with Crippen LogP contribution in [-0.4, -0.2) is 21.1 Å². The zero-order valence-electron chi connectivity index (χ0n) is 8.36. The number of nitrogens with one attached hydrogen (secondary N) is 3. The first-order valence-corrected chi connectivity index (χ1v) is 4.79. The summed E-state index contributed by atoms with van der Waals surface area (Å²) >= 11 is 0. The summed E-state index contributed by atoms with van der Waals surface area (Å²) < 4.78 is 0. The van der Waals surface area contributed by atoms with Crippen molar-refractivity contribution < 1.29 is 0 Å². The maximum Gasteiger partial charge on any atom is 0.196 e. The van der Waals surface area contributed by atoms with E-state index in [-0.39, 0.29) is 5.96 Å². The van der Waals surface area contributed by atoms with Crippen molar-refractivity contribution >= 4 is 11.8 Å². The third-order valence-electron chi connectivity index (χ3n) is 2.62. The monoisotopic (exact) mass is 217 g/mol. The van der Waals surface area contributed by atoms with E-state index in [1.807, 2.05) is 6.07 Å². The number of nitrogens with zero attached hydrogens (tertiary/aromatic N) is 2. The number of aliphatic imine (C=N–C) groups is 1. The molecule has 0 bridgehead atoms. The molecule has 1 atom stereocenters. The highest BCUT2D eigenvalue weighted by molar-refractivity contribution is 5.95. The molecule has 0 fully saturated rings. The molecule has 2 aromatic rings. The topological polar surface area (TPSA) is 121 Å². The minimum atomic E-state index is -1.01. The first-order valence-electron chi connectivity index (χ1n) is 4.79. The molecule has 0 spiro atoms. The van der Waals surface area contributed by atoms with Crippen LogP contribution in [-0.2, 0) is 5.66 Å². The Morgan fingerprint density at radius 2 is 2.19 bits per heavy atom. The van der Waals surface area contributed by atoms with E-state index in [1.165, 1.54) is 0 Å². The van der Waals surface area contributed by atoms with Crippen molar-refractivity contribution in [1.29, 1.82) is 0 Å². The fraction of sp³-hybridized carbons (Fsp3) is 0.111. The Labute approximate surface area is 90.9 Å². The van der Waals surface area contributed by atoms with Gasteiger partial charge in [0.1, 0.15) is 5.82 Å². The smallest absolute Gasteiger partial charge is 0.196 e. The molecule has 7 N–H and O–H groups in total. The second-order valence-corrected chi connectivity index (χ2v) is 3.63. The standard InChI is InChI=1S/C9H11N7/c10-8-14-7-5(1-3-12-7)9(11,15-8)6-2-4-13-16-6/h1-4,12H,11H2,(H,13,16)(H3,10,14,15). The highest BCUT2D eigenvalue weighted by atomic mass is 15.3. The number of aromatic nitrogens is 3.